The Morgan fingerprint density at radius 1 is 0.385 bits per heavy atom. The van der Waals surface area contributed by atoms with Crippen LogP contribution in [0.15, 0.2) is 0 Å². The highest BCUT2D eigenvalue weighted by molar-refractivity contribution is 5.20. The predicted molar refractivity (Wildman–Crippen MR) is 62.5 cm³/mol. The summed E-state index contributed by atoms with van der Waals surface area (Å²) in [6.45, 7) is 0. The molecule has 0 bridgehead atoms. The normalized spacial score (nSPS) is 27.4. The van der Waals surface area contributed by atoms with Crippen LogP contribution in [0.25, 0.3) is 0 Å². The summed E-state index contributed by atoms with van der Waals surface area (Å²) in [6.07, 6.45) is -57.4. The molecule has 234 valence electrons. The number of hydrogen-bond acceptors (Lipinski definition) is 4. The number of rotatable bonds is 6. The monoisotopic (exact) mass is 648 g/mol. The van der Waals surface area contributed by atoms with E-state index in [4.69, 9.17) is 0 Å². The Hall–Kier alpha value is -1.84. The van der Waals surface area contributed by atoms with E-state index < -0.39 is 76.9 Å². The van der Waals surface area contributed by atoms with Gasteiger partial charge < -0.3 is 0 Å². The minimum Gasteiger partial charge on any atom is -0.220 e. The molecule has 1 saturated heterocycles. The van der Waals surface area contributed by atoms with E-state index in [0.29, 0.717) is 0 Å². The number of hydrogen-bond donors (Lipinski definition) is 0. The van der Waals surface area contributed by atoms with Gasteiger partial charge in [0, 0.05) is 0 Å². The molecule has 0 aromatic heterocycles. The second kappa shape index (κ2) is 8.58. The molecular weight excluding hydrogens is 648 g/mol. The topological polar surface area (TPSA) is 24.9 Å². The molecule has 0 aromatic rings. The molecule has 0 N–H and O–H groups in total. The largest absolute Gasteiger partial charge is 0.527 e. The van der Waals surface area contributed by atoms with Crippen LogP contribution in [0.4, 0.5) is 105 Å². The van der Waals surface area contributed by atoms with Gasteiger partial charge in [-0.05, 0) is 0 Å². The average molecular weight is 648 g/mol. The summed E-state index contributed by atoms with van der Waals surface area (Å²) in [6, 6.07) is -17.5. The molecule has 1 fully saturated rings. The van der Waals surface area contributed by atoms with Crippen LogP contribution < -0.4 is 0 Å². The maximum atomic E-state index is 14.7. The zero-order valence-electron chi connectivity index (χ0n) is 16.3. The van der Waals surface area contributed by atoms with Gasteiger partial charge in [-0.25, -0.2) is 18.3 Å². The van der Waals surface area contributed by atoms with E-state index in [1.54, 1.807) is 0 Å². The van der Waals surface area contributed by atoms with Crippen LogP contribution in [-0.2, 0) is 9.47 Å². The van der Waals surface area contributed by atoms with Crippen molar-refractivity contribution in [2.75, 3.05) is 0 Å². The molecule has 2 atom stereocenters. The van der Waals surface area contributed by atoms with Crippen LogP contribution in [0.1, 0.15) is 0 Å². The highest BCUT2D eigenvalue weighted by Gasteiger charge is 3.02. The maximum absolute atomic E-state index is 14.7. The van der Waals surface area contributed by atoms with Crippen LogP contribution in [-0.4, -0.2) is 76.9 Å². The average Bonchev–Trinajstić information content (AvgIpc) is 2.70. The minimum atomic E-state index is -9.00. The van der Waals surface area contributed by atoms with E-state index in [1.807, 2.05) is 0 Å². The molecule has 1 heterocycles. The summed E-state index contributed by atoms with van der Waals surface area (Å²) in [4.78, 5) is -10.1. The van der Waals surface area contributed by atoms with E-state index in [2.05, 4.69) is 0 Å². The molecule has 0 amide bonds. The van der Waals surface area contributed by atoms with Crippen LogP contribution in [0.3, 0.4) is 0 Å². The van der Waals surface area contributed by atoms with Gasteiger partial charge in [-0.15, -0.1) is 36.1 Å². The third-order valence-corrected chi connectivity index (χ3v) is 4.09. The number of ether oxygens (including phenoxy) is 2. The molecule has 0 saturated carbocycles. The van der Waals surface area contributed by atoms with Gasteiger partial charge in [0.25, 0.3) is 0 Å². The van der Waals surface area contributed by atoms with Crippen molar-refractivity contribution in [3.63, 3.8) is 0 Å². The Kier molecular flexibility index (Phi) is 7.75. The smallest absolute Gasteiger partial charge is 0.220 e. The van der Waals surface area contributed by atoms with Gasteiger partial charge in [0.05, 0.1) is 0 Å². The summed E-state index contributed by atoms with van der Waals surface area (Å²) < 4.78 is 320. The Morgan fingerprint density at radius 2 is 0.590 bits per heavy atom. The van der Waals surface area contributed by atoms with Crippen LogP contribution in [0.2, 0.25) is 0 Å². The van der Waals surface area contributed by atoms with Crippen molar-refractivity contribution in [3.8, 4) is 0 Å². The van der Waals surface area contributed by atoms with Crippen LogP contribution >= 0.6 is 0 Å². The van der Waals surface area contributed by atoms with E-state index in [9.17, 15) is 105 Å². The van der Waals surface area contributed by atoms with Gasteiger partial charge in [0.15, 0.2) is 0 Å². The van der Waals surface area contributed by atoms with Gasteiger partial charge in [0.2, 0.25) is 0 Å². The SMILES string of the molecule is FC(F)(F)OC(F)(F)C(F)(F)N1C(F)(F)N(C(F)(F)C(F)(F)OC(F)(F)F)C(F)(C(F)(F)F)C1(F)C(F)(F)F. The van der Waals surface area contributed by atoms with Gasteiger partial charge in [-0.2, -0.15) is 70.2 Å². The molecule has 0 spiro atoms. The van der Waals surface area contributed by atoms with Gasteiger partial charge >= 0.3 is 67.1 Å². The van der Waals surface area contributed by atoms with E-state index >= 15 is 0 Å². The van der Waals surface area contributed by atoms with Crippen molar-refractivity contribution >= 4 is 0 Å². The maximum Gasteiger partial charge on any atom is 0.527 e. The van der Waals surface area contributed by atoms with Crippen LogP contribution in [0, 0.1) is 0 Å². The summed E-state index contributed by atoms with van der Waals surface area (Å²) in [5.74, 6) is -18.0. The Labute approximate surface area is 193 Å². The van der Waals surface area contributed by atoms with Crippen molar-refractivity contribution in [3.05, 3.63) is 0 Å². The fourth-order valence-electron chi connectivity index (χ4n) is 2.79. The lowest BCUT2D eigenvalue weighted by molar-refractivity contribution is -0.525. The predicted octanol–water partition coefficient (Wildman–Crippen LogP) is 7.05. The number of alkyl halides is 24. The van der Waals surface area contributed by atoms with Crippen molar-refractivity contribution in [2.24, 2.45) is 0 Å². The lowest BCUT2D eigenvalue weighted by Crippen LogP contribution is -2.76. The van der Waals surface area contributed by atoms with Crippen molar-refractivity contribution in [2.45, 2.75) is 67.1 Å². The lowest BCUT2D eigenvalue weighted by Gasteiger charge is -2.43. The third kappa shape index (κ3) is 5.08. The summed E-state index contributed by atoms with van der Waals surface area (Å²) in [5.41, 5.74) is 0. The first-order valence-electron chi connectivity index (χ1n) is 7.94. The molecule has 0 radical (unpaired) electrons. The Bertz CT molecular complexity index is 843. The first kappa shape index (κ1) is 35.2. The second-order valence-corrected chi connectivity index (χ2v) is 6.63. The van der Waals surface area contributed by atoms with E-state index in [-0.39, 0.29) is 0 Å². The summed E-state index contributed by atoms with van der Waals surface area (Å²) >= 11 is 0. The van der Waals surface area contributed by atoms with E-state index in [0.717, 1.165) is 9.47 Å². The summed E-state index contributed by atoms with van der Waals surface area (Å²) in [5, 5.41) is 0. The molecule has 39 heavy (non-hydrogen) atoms. The molecule has 1 aliphatic heterocycles. The second-order valence-electron chi connectivity index (χ2n) is 6.63. The fraction of sp³-hybridized carbons (Fsp3) is 1.00. The Morgan fingerprint density at radius 3 is 0.744 bits per heavy atom. The van der Waals surface area contributed by atoms with Crippen molar-refractivity contribution in [1.82, 2.24) is 9.80 Å². The highest BCUT2D eigenvalue weighted by atomic mass is 19.4. The molecule has 1 aliphatic rings. The van der Waals surface area contributed by atoms with Gasteiger partial charge in [-0.1, -0.05) is 0 Å². The quantitative estimate of drug-likeness (QED) is 0.228. The molecule has 1 rings (SSSR count). The molecule has 4 nitrogen and oxygen atoms in total. The third-order valence-electron chi connectivity index (χ3n) is 4.09. The standard InChI is InChI=1S/C11F24N2O2/c12-1(3(14,15)16)2(13,4(17,18)19)37(6(22,23)8(26,27)39-10(31,32)33)11(34,35)36(1)5(20,21)7(24,25)38-9(28,29)30. The minimum absolute atomic E-state index is 1.09. The molecule has 2 unspecified atom stereocenters. The lowest BCUT2D eigenvalue weighted by atomic mass is 9.99. The number of halogens is 24. The molecule has 0 aliphatic carbocycles. The molecule has 0 aromatic carbocycles. The highest BCUT2D eigenvalue weighted by Crippen LogP contribution is 2.70. The summed E-state index contributed by atoms with van der Waals surface area (Å²) in [7, 11) is 0. The Balaban J connectivity index is 4.37. The molecular formula is C11F24N2O2. The molecule has 28 heteroatoms. The number of nitrogens with zero attached hydrogens (tertiary/aromatic N) is 2. The van der Waals surface area contributed by atoms with Gasteiger partial charge in [-0.3, -0.25) is 0 Å². The fourth-order valence-corrected chi connectivity index (χ4v) is 2.79. The zero-order chi connectivity index (χ0) is 32.1. The van der Waals surface area contributed by atoms with Crippen molar-refractivity contribution < 1.29 is 115 Å². The van der Waals surface area contributed by atoms with Crippen molar-refractivity contribution in [1.29, 1.82) is 0 Å². The first-order chi connectivity index (χ1) is 16.4. The van der Waals surface area contributed by atoms with E-state index in [1.165, 1.54) is 0 Å². The van der Waals surface area contributed by atoms with Crippen LogP contribution in [0.5, 0.6) is 0 Å². The first-order valence-corrected chi connectivity index (χ1v) is 7.94. The van der Waals surface area contributed by atoms with Gasteiger partial charge in [0.1, 0.15) is 0 Å². The zero-order valence-corrected chi connectivity index (χ0v) is 16.3.